The fraction of sp³-hybridized carbons (Fsp3) is 0.462. The van der Waals surface area contributed by atoms with Gasteiger partial charge in [0, 0.05) is 11.2 Å². The summed E-state index contributed by atoms with van der Waals surface area (Å²) < 4.78 is 40.5. The van der Waals surface area contributed by atoms with Crippen LogP contribution in [0.2, 0.25) is 0 Å². The second-order valence-electron chi connectivity index (χ2n) is 5.58. The van der Waals surface area contributed by atoms with Crippen LogP contribution in [0.1, 0.15) is 20.8 Å². The van der Waals surface area contributed by atoms with Gasteiger partial charge in [0.1, 0.15) is 10.7 Å². The summed E-state index contributed by atoms with van der Waals surface area (Å²) in [4.78, 5) is 11.0. The second kappa shape index (κ2) is 6.50. The van der Waals surface area contributed by atoms with Crippen molar-refractivity contribution < 1.29 is 17.6 Å². The van der Waals surface area contributed by atoms with Crippen LogP contribution < -0.4 is 15.4 Å². The van der Waals surface area contributed by atoms with Crippen molar-refractivity contribution in [3.63, 3.8) is 0 Å². The lowest BCUT2D eigenvalue weighted by molar-refractivity contribution is -0.115. The maximum atomic E-state index is 13.8. The van der Waals surface area contributed by atoms with Crippen LogP contribution in [0, 0.1) is 5.82 Å². The molecule has 0 unspecified atom stereocenters. The largest absolute Gasteiger partial charge is 0.325 e. The van der Waals surface area contributed by atoms with Gasteiger partial charge in [-0.15, -0.1) is 0 Å². The third kappa shape index (κ3) is 5.41. The summed E-state index contributed by atoms with van der Waals surface area (Å²) in [6.45, 7) is 5.03. The molecule has 1 amide bonds. The molecule has 1 aromatic carbocycles. The Bertz CT molecular complexity index is 624. The van der Waals surface area contributed by atoms with Crippen LogP contribution in [0.15, 0.2) is 23.1 Å². The van der Waals surface area contributed by atoms with Crippen molar-refractivity contribution in [1.29, 1.82) is 0 Å². The van der Waals surface area contributed by atoms with E-state index in [-0.39, 0.29) is 18.1 Å². The van der Waals surface area contributed by atoms with Gasteiger partial charge in [-0.3, -0.25) is 4.79 Å². The molecule has 0 radical (unpaired) electrons. The van der Waals surface area contributed by atoms with Gasteiger partial charge in [0.25, 0.3) is 0 Å². The minimum Gasteiger partial charge on any atom is -0.325 e. The zero-order valence-electron chi connectivity index (χ0n) is 12.5. The Balaban J connectivity index is 3.10. The van der Waals surface area contributed by atoms with Crippen molar-refractivity contribution >= 4 is 21.6 Å². The topological polar surface area (TPSA) is 87.3 Å². The highest BCUT2D eigenvalue weighted by molar-refractivity contribution is 7.89. The highest BCUT2D eigenvalue weighted by Crippen LogP contribution is 2.21. The lowest BCUT2D eigenvalue weighted by Crippen LogP contribution is -2.40. The van der Waals surface area contributed by atoms with Gasteiger partial charge in [-0.25, -0.2) is 17.5 Å². The van der Waals surface area contributed by atoms with E-state index in [4.69, 9.17) is 0 Å². The van der Waals surface area contributed by atoms with Gasteiger partial charge in [-0.2, -0.15) is 0 Å². The maximum absolute atomic E-state index is 13.8. The van der Waals surface area contributed by atoms with E-state index in [1.165, 1.54) is 6.07 Å². The molecule has 21 heavy (non-hydrogen) atoms. The smallest absolute Gasteiger partial charge is 0.244 e. The molecule has 0 aliphatic heterocycles. The Hall–Kier alpha value is -1.51. The molecule has 118 valence electrons. The molecule has 8 heteroatoms. The number of rotatable bonds is 5. The Morgan fingerprint density at radius 3 is 2.43 bits per heavy atom. The highest BCUT2D eigenvalue weighted by atomic mass is 32.2. The van der Waals surface area contributed by atoms with Crippen LogP contribution >= 0.6 is 0 Å². The predicted molar refractivity (Wildman–Crippen MR) is 79.0 cm³/mol. The van der Waals surface area contributed by atoms with Crippen LogP contribution in [0.4, 0.5) is 10.1 Å². The molecule has 1 rings (SSSR count). The van der Waals surface area contributed by atoms with E-state index in [9.17, 15) is 17.6 Å². The fourth-order valence-corrected chi connectivity index (χ4v) is 3.13. The normalized spacial score (nSPS) is 12.2. The standard InChI is InChI=1S/C13H20FN3O3S/c1-13(2,3)17-21(19,20)11-7-9(5-6-10(11)14)16-12(18)8-15-4/h5-7,15,17H,8H2,1-4H3,(H,16,18). The van der Waals surface area contributed by atoms with Crippen molar-refractivity contribution in [2.45, 2.75) is 31.2 Å². The van der Waals surface area contributed by atoms with Gasteiger partial charge in [0.15, 0.2) is 0 Å². The number of likely N-dealkylation sites (N-methyl/N-ethyl adjacent to an activating group) is 1. The van der Waals surface area contributed by atoms with Crippen molar-refractivity contribution in [3.05, 3.63) is 24.0 Å². The molecular weight excluding hydrogens is 297 g/mol. The maximum Gasteiger partial charge on any atom is 0.244 e. The van der Waals surface area contributed by atoms with Crippen molar-refractivity contribution in [2.75, 3.05) is 18.9 Å². The van der Waals surface area contributed by atoms with Crippen LogP contribution in [-0.2, 0) is 14.8 Å². The summed E-state index contributed by atoms with van der Waals surface area (Å²) >= 11 is 0. The lowest BCUT2D eigenvalue weighted by atomic mass is 10.1. The summed E-state index contributed by atoms with van der Waals surface area (Å²) in [5.74, 6) is -1.23. The molecule has 0 spiro atoms. The molecule has 6 nitrogen and oxygen atoms in total. The number of sulfonamides is 1. The third-order valence-electron chi connectivity index (χ3n) is 2.28. The van der Waals surface area contributed by atoms with Gasteiger partial charge in [0.2, 0.25) is 15.9 Å². The lowest BCUT2D eigenvalue weighted by Gasteiger charge is -2.20. The molecule has 0 aliphatic carbocycles. The molecular formula is C13H20FN3O3S. The molecule has 0 heterocycles. The summed E-state index contributed by atoms with van der Waals surface area (Å²) in [5.41, 5.74) is -0.526. The van der Waals surface area contributed by atoms with E-state index in [0.717, 1.165) is 12.1 Å². The molecule has 0 aromatic heterocycles. The molecule has 0 aliphatic rings. The van der Waals surface area contributed by atoms with Gasteiger partial charge >= 0.3 is 0 Å². The molecule has 1 aromatic rings. The van der Waals surface area contributed by atoms with E-state index < -0.39 is 26.3 Å². The average Bonchev–Trinajstić information content (AvgIpc) is 2.28. The molecule has 3 N–H and O–H groups in total. The number of hydrogen-bond acceptors (Lipinski definition) is 4. The van der Waals surface area contributed by atoms with E-state index in [2.05, 4.69) is 15.4 Å². The molecule has 0 fully saturated rings. The summed E-state index contributed by atoms with van der Waals surface area (Å²) in [6, 6.07) is 3.40. The number of anilines is 1. The van der Waals surface area contributed by atoms with E-state index in [1.54, 1.807) is 27.8 Å². The van der Waals surface area contributed by atoms with Crippen LogP contribution in [0.5, 0.6) is 0 Å². The number of carbonyl (C=O) groups excluding carboxylic acids is 1. The van der Waals surface area contributed by atoms with Crippen LogP contribution in [-0.4, -0.2) is 33.5 Å². The SMILES string of the molecule is CNCC(=O)Nc1ccc(F)c(S(=O)(=O)NC(C)(C)C)c1. The average molecular weight is 317 g/mol. The number of carbonyl (C=O) groups is 1. The Morgan fingerprint density at radius 2 is 1.90 bits per heavy atom. The van der Waals surface area contributed by atoms with Crippen molar-refractivity contribution in [1.82, 2.24) is 10.0 Å². The Labute approximate surface area is 124 Å². The Morgan fingerprint density at radius 1 is 1.29 bits per heavy atom. The number of halogens is 1. The monoisotopic (exact) mass is 317 g/mol. The van der Waals surface area contributed by atoms with E-state index in [1.807, 2.05) is 0 Å². The molecule has 0 saturated heterocycles. The first-order valence-electron chi connectivity index (χ1n) is 6.33. The second-order valence-corrected chi connectivity index (χ2v) is 7.23. The summed E-state index contributed by atoms with van der Waals surface area (Å²) in [6.07, 6.45) is 0. The minimum atomic E-state index is -4.01. The fourth-order valence-electron chi connectivity index (χ4n) is 1.61. The first-order valence-corrected chi connectivity index (χ1v) is 7.81. The van der Waals surface area contributed by atoms with Gasteiger partial charge in [0.05, 0.1) is 6.54 Å². The van der Waals surface area contributed by atoms with Crippen molar-refractivity contribution in [3.8, 4) is 0 Å². The van der Waals surface area contributed by atoms with Crippen LogP contribution in [0.25, 0.3) is 0 Å². The Kier molecular flexibility index (Phi) is 5.43. The molecule has 0 saturated carbocycles. The number of benzene rings is 1. The van der Waals surface area contributed by atoms with Gasteiger partial charge in [-0.1, -0.05) is 0 Å². The molecule has 0 bridgehead atoms. The number of amides is 1. The number of nitrogens with one attached hydrogen (secondary N) is 3. The highest BCUT2D eigenvalue weighted by Gasteiger charge is 2.25. The summed E-state index contributed by atoms with van der Waals surface area (Å²) in [7, 11) is -2.41. The first-order chi connectivity index (χ1) is 9.55. The van der Waals surface area contributed by atoms with Crippen molar-refractivity contribution in [2.24, 2.45) is 0 Å². The van der Waals surface area contributed by atoms with Gasteiger partial charge in [-0.05, 0) is 46.0 Å². The van der Waals surface area contributed by atoms with E-state index in [0.29, 0.717) is 0 Å². The van der Waals surface area contributed by atoms with E-state index >= 15 is 0 Å². The third-order valence-corrected chi connectivity index (χ3v) is 4.06. The number of hydrogen-bond donors (Lipinski definition) is 3. The van der Waals surface area contributed by atoms with Crippen LogP contribution in [0.3, 0.4) is 0 Å². The summed E-state index contributed by atoms with van der Waals surface area (Å²) in [5, 5.41) is 5.14. The minimum absolute atomic E-state index is 0.0691. The quantitative estimate of drug-likeness (QED) is 0.758. The van der Waals surface area contributed by atoms with Gasteiger partial charge < -0.3 is 10.6 Å². The zero-order chi connectivity index (χ0) is 16.3. The first kappa shape index (κ1) is 17.5. The predicted octanol–water partition coefficient (Wildman–Crippen LogP) is 1.06. The zero-order valence-corrected chi connectivity index (χ0v) is 13.3. The molecule has 0 atom stereocenters.